The van der Waals surface area contributed by atoms with Gasteiger partial charge in [-0.1, -0.05) is 6.07 Å². The van der Waals surface area contributed by atoms with E-state index in [-0.39, 0.29) is 5.43 Å². The van der Waals surface area contributed by atoms with Gasteiger partial charge in [0, 0.05) is 19.2 Å². The Morgan fingerprint density at radius 1 is 1.26 bits per heavy atom. The number of methoxy groups -OCH3 is 1. The lowest BCUT2D eigenvalue weighted by atomic mass is 10.2. The Bertz CT molecular complexity index is 643. The van der Waals surface area contributed by atoms with E-state index < -0.39 is 0 Å². The van der Waals surface area contributed by atoms with E-state index >= 15 is 0 Å². The molecule has 2 heterocycles. The quantitative estimate of drug-likeness (QED) is 0.821. The molecule has 1 aliphatic heterocycles. The van der Waals surface area contributed by atoms with Gasteiger partial charge >= 0.3 is 0 Å². The molecule has 0 saturated carbocycles. The lowest BCUT2D eigenvalue weighted by Gasteiger charge is -2.27. The van der Waals surface area contributed by atoms with Crippen molar-refractivity contribution in [2.75, 3.05) is 38.3 Å². The predicted molar refractivity (Wildman–Crippen MR) is 72.1 cm³/mol. The molecule has 5 heteroatoms. The van der Waals surface area contributed by atoms with Gasteiger partial charge in [0.1, 0.15) is 0 Å². The minimum absolute atomic E-state index is 0.0540. The maximum atomic E-state index is 12.1. The van der Waals surface area contributed by atoms with Crippen LogP contribution in [-0.4, -0.2) is 33.4 Å². The van der Waals surface area contributed by atoms with Crippen LogP contribution in [0.2, 0.25) is 0 Å². The second-order valence-corrected chi connectivity index (χ2v) is 4.39. The third-order valence-electron chi connectivity index (χ3n) is 3.25. The van der Waals surface area contributed by atoms with Crippen molar-refractivity contribution in [1.82, 2.24) is 0 Å². The van der Waals surface area contributed by atoms with Gasteiger partial charge in [0.25, 0.3) is 0 Å². The molecule has 3 rings (SSSR count). The second kappa shape index (κ2) is 4.93. The van der Waals surface area contributed by atoms with Crippen molar-refractivity contribution in [1.29, 1.82) is 0 Å². The van der Waals surface area contributed by atoms with Crippen molar-refractivity contribution in [3.63, 3.8) is 0 Å². The van der Waals surface area contributed by atoms with Crippen molar-refractivity contribution >= 4 is 16.9 Å². The summed E-state index contributed by atoms with van der Waals surface area (Å²) in [6, 6.07) is 6.85. The topological polar surface area (TPSA) is 51.9 Å². The SMILES string of the molecule is [11CH3]Oc1cccc2c(=O)cc(N3CCOCC3)oc12. The molecular formula is C14H15NO4. The van der Waals surface area contributed by atoms with Crippen LogP contribution in [0.1, 0.15) is 0 Å². The molecule has 0 spiro atoms. The van der Waals surface area contributed by atoms with E-state index in [4.69, 9.17) is 13.9 Å². The molecule has 1 saturated heterocycles. The Morgan fingerprint density at radius 2 is 2.05 bits per heavy atom. The van der Waals surface area contributed by atoms with E-state index in [9.17, 15) is 4.79 Å². The van der Waals surface area contributed by atoms with E-state index in [1.165, 1.54) is 6.07 Å². The zero-order valence-corrected chi connectivity index (χ0v) is 10.7. The molecule has 0 bridgehead atoms. The van der Waals surface area contributed by atoms with Gasteiger partial charge in [-0.3, -0.25) is 4.79 Å². The van der Waals surface area contributed by atoms with Gasteiger partial charge in [0.2, 0.25) is 0 Å². The summed E-state index contributed by atoms with van der Waals surface area (Å²) < 4.78 is 16.4. The fraction of sp³-hybridized carbons (Fsp3) is 0.357. The maximum absolute atomic E-state index is 12.1. The van der Waals surface area contributed by atoms with E-state index in [0.29, 0.717) is 35.8 Å². The summed E-state index contributed by atoms with van der Waals surface area (Å²) >= 11 is 0. The van der Waals surface area contributed by atoms with Gasteiger partial charge in [0.05, 0.1) is 25.7 Å². The first-order valence-electron chi connectivity index (χ1n) is 6.23. The fourth-order valence-corrected chi connectivity index (χ4v) is 2.24. The van der Waals surface area contributed by atoms with Crippen LogP contribution >= 0.6 is 0 Å². The number of fused-ring (bicyclic) bond motifs is 1. The van der Waals surface area contributed by atoms with E-state index in [1.807, 2.05) is 4.90 Å². The standard InChI is InChI=1S/C14H15NO4/c1-17-12-4-2-3-10-11(16)9-13(19-14(10)12)15-5-7-18-8-6-15/h2-4,9H,5-8H2,1H3/i1-1. The van der Waals surface area contributed by atoms with Crippen LogP contribution in [0.4, 0.5) is 5.88 Å². The number of ether oxygens (including phenoxy) is 2. The lowest BCUT2D eigenvalue weighted by molar-refractivity contribution is 0.121. The summed E-state index contributed by atoms with van der Waals surface area (Å²) in [4.78, 5) is 14.1. The minimum Gasteiger partial charge on any atom is -0.493 e. The zero-order valence-electron chi connectivity index (χ0n) is 10.7. The van der Waals surface area contributed by atoms with Crippen LogP contribution in [0.25, 0.3) is 11.0 Å². The van der Waals surface area contributed by atoms with Gasteiger partial charge in [-0.05, 0) is 12.1 Å². The molecule has 1 aromatic heterocycles. The average molecular weight is 260 g/mol. The summed E-state index contributed by atoms with van der Waals surface area (Å²) in [5, 5.41) is 0.538. The van der Waals surface area contributed by atoms with Gasteiger partial charge in [0.15, 0.2) is 22.6 Å². The van der Waals surface area contributed by atoms with Gasteiger partial charge in [-0.15, -0.1) is 0 Å². The van der Waals surface area contributed by atoms with Crippen LogP contribution in [0.15, 0.2) is 33.5 Å². The maximum Gasteiger partial charge on any atom is 0.200 e. The van der Waals surface area contributed by atoms with Crippen molar-refractivity contribution in [3.8, 4) is 5.75 Å². The molecule has 0 aliphatic carbocycles. The van der Waals surface area contributed by atoms with Crippen molar-refractivity contribution in [3.05, 3.63) is 34.5 Å². The first-order valence-corrected chi connectivity index (χ1v) is 6.23. The number of hydrogen-bond donors (Lipinski definition) is 0. The number of anilines is 1. The molecule has 0 unspecified atom stereocenters. The Hall–Kier alpha value is -2.01. The summed E-state index contributed by atoms with van der Waals surface area (Å²) in [6.07, 6.45) is 0. The number of rotatable bonds is 2. The number of benzene rings is 1. The first-order chi connectivity index (χ1) is 9.29. The lowest BCUT2D eigenvalue weighted by Crippen LogP contribution is -2.36. The van der Waals surface area contributed by atoms with Crippen molar-refractivity contribution < 1.29 is 13.9 Å². The highest BCUT2D eigenvalue weighted by Gasteiger charge is 2.16. The Kier molecular flexibility index (Phi) is 3.13. The molecule has 1 aromatic carbocycles. The molecule has 1 aliphatic rings. The van der Waals surface area contributed by atoms with E-state index in [1.54, 1.807) is 25.3 Å². The summed E-state index contributed by atoms with van der Waals surface area (Å²) in [5.41, 5.74) is 0.445. The van der Waals surface area contributed by atoms with Crippen LogP contribution < -0.4 is 15.1 Å². The largest absolute Gasteiger partial charge is 0.493 e. The molecule has 1 fully saturated rings. The smallest absolute Gasteiger partial charge is 0.200 e. The molecule has 0 radical (unpaired) electrons. The van der Waals surface area contributed by atoms with Crippen LogP contribution in [0, 0.1) is 0 Å². The predicted octanol–water partition coefficient (Wildman–Crippen LogP) is 1.64. The molecule has 0 atom stereocenters. The summed E-state index contributed by atoms with van der Waals surface area (Å²) in [5.74, 6) is 1.15. The Morgan fingerprint density at radius 3 is 2.79 bits per heavy atom. The Balaban J connectivity index is 2.14. The van der Waals surface area contributed by atoms with E-state index in [2.05, 4.69) is 0 Å². The summed E-state index contributed by atoms with van der Waals surface area (Å²) in [7, 11) is 1.57. The minimum atomic E-state index is -0.0540. The molecule has 100 valence electrons. The first kappa shape index (κ1) is 12.0. The average Bonchev–Trinajstić information content (AvgIpc) is 2.47. The van der Waals surface area contributed by atoms with Crippen LogP contribution in [-0.2, 0) is 4.74 Å². The molecule has 0 amide bonds. The van der Waals surface area contributed by atoms with Crippen molar-refractivity contribution in [2.45, 2.75) is 0 Å². The monoisotopic (exact) mass is 260 g/mol. The fourth-order valence-electron chi connectivity index (χ4n) is 2.24. The molecule has 0 N–H and O–H groups in total. The third kappa shape index (κ3) is 2.17. The second-order valence-electron chi connectivity index (χ2n) is 4.39. The van der Waals surface area contributed by atoms with Gasteiger partial charge < -0.3 is 18.8 Å². The highest BCUT2D eigenvalue weighted by molar-refractivity contribution is 5.83. The number of para-hydroxylation sites is 1. The number of hydrogen-bond acceptors (Lipinski definition) is 5. The van der Waals surface area contributed by atoms with Gasteiger partial charge in [-0.2, -0.15) is 0 Å². The van der Waals surface area contributed by atoms with Crippen molar-refractivity contribution in [2.24, 2.45) is 0 Å². The molecular weight excluding hydrogens is 245 g/mol. The third-order valence-corrected chi connectivity index (χ3v) is 3.25. The van der Waals surface area contributed by atoms with Gasteiger partial charge in [-0.25, -0.2) is 0 Å². The highest BCUT2D eigenvalue weighted by atomic mass is 16.5. The molecule has 2 aromatic rings. The van der Waals surface area contributed by atoms with E-state index in [0.717, 1.165) is 13.1 Å². The van der Waals surface area contributed by atoms with Crippen LogP contribution in [0.3, 0.4) is 0 Å². The normalized spacial score (nSPS) is 15.7. The zero-order chi connectivity index (χ0) is 13.2. The molecule has 5 nitrogen and oxygen atoms in total. The summed E-state index contributed by atoms with van der Waals surface area (Å²) in [6.45, 7) is 2.74. The Labute approximate surface area is 110 Å². The highest BCUT2D eigenvalue weighted by Crippen LogP contribution is 2.27. The number of morpholine rings is 1. The molecule has 19 heavy (non-hydrogen) atoms. The number of nitrogens with zero attached hydrogens (tertiary/aromatic N) is 1. The van der Waals surface area contributed by atoms with Crippen LogP contribution in [0.5, 0.6) is 5.75 Å².